The van der Waals surface area contributed by atoms with Crippen LogP contribution >= 0.6 is 0 Å². The number of anilines is 1. The van der Waals surface area contributed by atoms with Crippen molar-refractivity contribution in [3.63, 3.8) is 0 Å². The van der Waals surface area contributed by atoms with Crippen LogP contribution in [-0.2, 0) is 4.74 Å². The molecule has 1 saturated heterocycles. The summed E-state index contributed by atoms with van der Waals surface area (Å²) in [5, 5.41) is 2.77. The third-order valence-corrected chi connectivity index (χ3v) is 4.44. The van der Waals surface area contributed by atoms with Crippen molar-refractivity contribution in [2.24, 2.45) is 0 Å². The molecule has 5 nitrogen and oxygen atoms in total. The van der Waals surface area contributed by atoms with E-state index in [4.69, 9.17) is 9.47 Å². The SMILES string of the molecule is CCCCCCCOc1cccc(NC(=O)OCCN2CCCC2)c1. The van der Waals surface area contributed by atoms with Gasteiger partial charge in [-0.3, -0.25) is 10.2 Å². The first-order valence-electron chi connectivity index (χ1n) is 9.67. The molecule has 25 heavy (non-hydrogen) atoms. The number of hydrogen-bond acceptors (Lipinski definition) is 4. The van der Waals surface area contributed by atoms with Gasteiger partial charge in [0, 0.05) is 18.3 Å². The van der Waals surface area contributed by atoms with E-state index in [1.165, 1.54) is 38.5 Å². The number of carbonyl (C=O) groups excluding carboxylic acids is 1. The molecule has 140 valence electrons. The molecule has 0 saturated carbocycles. The van der Waals surface area contributed by atoms with Crippen molar-refractivity contribution in [1.82, 2.24) is 4.90 Å². The molecule has 1 aliphatic rings. The summed E-state index contributed by atoms with van der Waals surface area (Å²) in [6.45, 7) is 6.40. The predicted molar refractivity (Wildman–Crippen MR) is 101 cm³/mol. The lowest BCUT2D eigenvalue weighted by Crippen LogP contribution is -2.26. The number of hydrogen-bond donors (Lipinski definition) is 1. The van der Waals surface area contributed by atoms with Crippen molar-refractivity contribution in [3.05, 3.63) is 24.3 Å². The van der Waals surface area contributed by atoms with Crippen LogP contribution in [-0.4, -0.2) is 43.8 Å². The van der Waals surface area contributed by atoms with Crippen LogP contribution in [0, 0.1) is 0 Å². The maximum Gasteiger partial charge on any atom is 0.411 e. The summed E-state index contributed by atoms with van der Waals surface area (Å²) in [6, 6.07) is 7.48. The standard InChI is InChI=1S/C20H32N2O3/c1-2-3-4-5-8-15-24-19-11-9-10-18(17-19)21-20(23)25-16-14-22-12-6-7-13-22/h9-11,17H,2-8,12-16H2,1H3,(H,21,23). The number of likely N-dealkylation sites (tertiary alicyclic amines) is 1. The van der Waals surface area contributed by atoms with Gasteiger partial charge in [0.25, 0.3) is 0 Å². The molecule has 0 spiro atoms. The quantitative estimate of drug-likeness (QED) is 0.590. The molecule has 2 rings (SSSR count). The van der Waals surface area contributed by atoms with Crippen molar-refractivity contribution >= 4 is 11.8 Å². The average molecular weight is 348 g/mol. The lowest BCUT2D eigenvalue weighted by molar-refractivity contribution is 0.146. The van der Waals surface area contributed by atoms with Crippen LogP contribution in [0.1, 0.15) is 51.9 Å². The minimum absolute atomic E-state index is 0.407. The van der Waals surface area contributed by atoms with E-state index < -0.39 is 6.09 Å². The monoisotopic (exact) mass is 348 g/mol. The van der Waals surface area contributed by atoms with Crippen molar-refractivity contribution in [3.8, 4) is 5.75 Å². The highest BCUT2D eigenvalue weighted by Crippen LogP contribution is 2.18. The second kappa shape index (κ2) is 11.7. The number of ether oxygens (including phenoxy) is 2. The number of nitrogens with one attached hydrogen (secondary N) is 1. The zero-order valence-electron chi connectivity index (χ0n) is 15.5. The first-order valence-corrected chi connectivity index (χ1v) is 9.67. The second-order valence-corrected chi connectivity index (χ2v) is 6.60. The number of rotatable bonds is 11. The molecule has 1 aliphatic heterocycles. The Kier molecular flexibility index (Phi) is 9.19. The van der Waals surface area contributed by atoms with Crippen molar-refractivity contribution in [2.45, 2.75) is 51.9 Å². The van der Waals surface area contributed by atoms with E-state index in [0.717, 1.165) is 31.8 Å². The summed E-state index contributed by atoms with van der Waals surface area (Å²) in [5.74, 6) is 0.783. The first kappa shape index (κ1) is 19.6. The number of benzene rings is 1. The largest absolute Gasteiger partial charge is 0.494 e. The van der Waals surface area contributed by atoms with Gasteiger partial charge < -0.3 is 9.47 Å². The van der Waals surface area contributed by atoms with Crippen LogP contribution in [0.2, 0.25) is 0 Å². The van der Waals surface area contributed by atoms with E-state index in [1.807, 2.05) is 24.3 Å². The van der Waals surface area contributed by atoms with E-state index in [1.54, 1.807) is 0 Å². The Morgan fingerprint density at radius 3 is 2.72 bits per heavy atom. The minimum Gasteiger partial charge on any atom is -0.494 e. The third-order valence-electron chi connectivity index (χ3n) is 4.44. The molecule has 5 heteroatoms. The number of unbranched alkanes of at least 4 members (excludes halogenated alkanes) is 4. The van der Waals surface area contributed by atoms with Gasteiger partial charge in [0.2, 0.25) is 0 Å². The molecule has 1 fully saturated rings. The molecule has 0 atom stereocenters. The third kappa shape index (κ3) is 8.25. The fourth-order valence-corrected chi connectivity index (χ4v) is 2.99. The maximum atomic E-state index is 11.9. The number of nitrogens with zero attached hydrogens (tertiary/aromatic N) is 1. The molecule has 1 heterocycles. The maximum absolute atomic E-state index is 11.9. The number of amides is 1. The molecule has 0 aliphatic carbocycles. The average Bonchev–Trinajstić information content (AvgIpc) is 3.12. The Morgan fingerprint density at radius 1 is 1.12 bits per heavy atom. The van der Waals surface area contributed by atoms with Crippen molar-refractivity contribution in [2.75, 3.05) is 38.2 Å². The van der Waals surface area contributed by atoms with Gasteiger partial charge in [-0.25, -0.2) is 4.79 Å². The Labute approximate surface area is 151 Å². The van der Waals surface area contributed by atoms with Crippen LogP contribution < -0.4 is 10.1 Å². The minimum atomic E-state index is -0.407. The summed E-state index contributed by atoms with van der Waals surface area (Å²) < 4.78 is 11.0. The Balaban J connectivity index is 1.62. The van der Waals surface area contributed by atoms with Crippen LogP contribution in [0.3, 0.4) is 0 Å². The van der Waals surface area contributed by atoms with Crippen molar-refractivity contribution < 1.29 is 14.3 Å². The zero-order valence-corrected chi connectivity index (χ0v) is 15.5. The molecule has 0 bridgehead atoms. The summed E-state index contributed by atoms with van der Waals surface area (Å²) in [4.78, 5) is 14.2. The van der Waals surface area contributed by atoms with Gasteiger partial charge in [0.15, 0.2) is 0 Å². The molecule has 0 unspecified atom stereocenters. The van der Waals surface area contributed by atoms with E-state index in [0.29, 0.717) is 18.9 Å². The molecule has 0 radical (unpaired) electrons. The summed E-state index contributed by atoms with van der Waals surface area (Å²) >= 11 is 0. The molecule has 1 amide bonds. The van der Waals surface area contributed by atoms with Crippen LogP contribution in [0.5, 0.6) is 5.75 Å². The molecule has 1 aromatic carbocycles. The summed E-state index contributed by atoms with van der Waals surface area (Å²) in [6.07, 6.45) is 8.17. The van der Waals surface area contributed by atoms with E-state index in [-0.39, 0.29) is 0 Å². The van der Waals surface area contributed by atoms with Gasteiger partial charge in [0.1, 0.15) is 12.4 Å². The topological polar surface area (TPSA) is 50.8 Å². The molecule has 1 aromatic rings. The lowest BCUT2D eigenvalue weighted by Gasteiger charge is -2.14. The Bertz CT molecular complexity index is 501. The highest BCUT2D eigenvalue weighted by molar-refractivity contribution is 5.84. The van der Waals surface area contributed by atoms with Gasteiger partial charge in [0.05, 0.1) is 6.61 Å². The van der Waals surface area contributed by atoms with Crippen LogP contribution in [0.25, 0.3) is 0 Å². The summed E-state index contributed by atoms with van der Waals surface area (Å²) in [7, 11) is 0. The highest BCUT2D eigenvalue weighted by atomic mass is 16.5. The predicted octanol–water partition coefficient (Wildman–Crippen LogP) is 4.68. The van der Waals surface area contributed by atoms with Gasteiger partial charge in [-0.1, -0.05) is 38.7 Å². The van der Waals surface area contributed by atoms with E-state index >= 15 is 0 Å². The zero-order chi connectivity index (χ0) is 17.7. The molecular formula is C20H32N2O3. The van der Waals surface area contributed by atoms with Crippen LogP contribution in [0.4, 0.5) is 10.5 Å². The van der Waals surface area contributed by atoms with Gasteiger partial charge in [-0.2, -0.15) is 0 Å². The van der Waals surface area contributed by atoms with Gasteiger partial charge in [-0.15, -0.1) is 0 Å². The number of carbonyl (C=O) groups is 1. The molecular weight excluding hydrogens is 316 g/mol. The lowest BCUT2D eigenvalue weighted by atomic mass is 10.2. The van der Waals surface area contributed by atoms with E-state index in [9.17, 15) is 4.79 Å². The first-order chi connectivity index (χ1) is 12.3. The van der Waals surface area contributed by atoms with Gasteiger partial charge >= 0.3 is 6.09 Å². The van der Waals surface area contributed by atoms with Crippen LogP contribution in [0.15, 0.2) is 24.3 Å². The molecule has 1 N–H and O–H groups in total. The fourth-order valence-electron chi connectivity index (χ4n) is 2.99. The summed E-state index contributed by atoms with van der Waals surface area (Å²) in [5.41, 5.74) is 0.703. The Morgan fingerprint density at radius 2 is 1.92 bits per heavy atom. The Hall–Kier alpha value is -1.75. The fraction of sp³-hybridized carbons (Fsp3) is 0.650. The van der Waals surface area contributed by atoms with E-state index in [2.05, 4.69) is 17.1 Å². The van der Waals surface area contributed by atoms with Crippen molar-refractivity contribution in [1.29, 1.82) is 0 Å². The highest BCUT2D eigenvalue weighted by Gasteiger charge is 2.12. The molecule has 0 aromatic heterocycles. The van der Waals surface area contributed by atoms with Gasteiger partial charge in [-0.05, 0) is 44.5 Å². The smallest absolute Gasteiger partial charge is 0.411 e. The second-order valence-electron chi connectivity index (χ2n) is 6.60. The normalized spacial score (nSPS) is 14.4.